The van der Waals surface area contributed by atoms with Crippen LogP contribution in [0.2, 0.25) is 0 Å². The van der Waals surface area contributed by atoms with Gasteiger partial charge in [-0.05, 0) is 84.4 Å². The van der Waals surface area contributed by atoms with Gasteiger partial charge in [-0.3, -0.25) is 9.59 Å². The van der Waals surface area contributed by atoms with E-state index in [0.29, 0.717) is 18.1 Å². The van der Waals surface area contributed by atoms with Gasteiger partial charge in [0.15, 0.2) is 5.78 Å². The monoisotopic (exact) mass is 531 g/mol. The van der Waals surface area contributed by atoms with Gasteiger partial charge in [0.25, 0.3) is 0 Å². The molecule has 5 aliphatic rings. The number of carbonyl (C=O) groups is 2. The van der Waals surface area contributed by atoms with Crippen LogP contribution in [0, 0.1) is 69.0 Å². The van der Waals surface area contributed by atoms with Gasteiger partial charge in [-0.25, -0.2) is 0 Å². The van der Waals surface area contributed by atoms with Crippen LogP contribution in [0.5, 0.6) is 0 Å². The lowest BCUT2D eigenvalue weighted by Gasteiger charge is -2.71. The first-order valence-electron chi connectivity index (χ1n) is 15.1. The zero-order valence-corrected chi connectivity index (χ0v) is 25.1. The Kier molecular flexibility index (Phi) is 5.46. The van der Waals surface area contributed by atoms with Gasteiger partial charge in [0.1, 0.15) is 11.9 Å². The molecule has 1 aromatic rings. The number of carbonyl (C=O) groups excluding carboxylic acids is 2. The summed E-state index contributed by atoms with van der Waals surface area (Å²) in [4.78, 5) is 27.9. The first kappa shape index (κ1) is 26.9. The number of aryl methyl sites for hydroxylation is 1. The molecule has 6 nitrogen and oxygen atoms in total. The Bertz CT molecular complexity index is 1330. The molecule has 6 rings (SSSR count). The molecule has 0 spiro atoms. The van der Waals surface area contributed by atoms with Crippen LogP contribution in [-0.4, -0.2) is 21.8 Å². The van der Waals surface area contributed by atoms with E-state index in [-0.39, 0.29) is 62.1 Å². The maximum absolute atomic E-state index is 14.6. The van der Waals surface area contributed by atoms with Crippen molar-refractivity contribution in [3.63, 3.8) is 0 Å². The number of fused-ring (bicyclic) bond motifs is 7. The first-order valence-corrected chi connectivity index (χ1v) is 15.1. The van der Waals surface area contributed by atoms with E-state index in [1.165, 1.54) is 0 Å². The predicted octanol–water partition coefficient (Wildman–Crippen LogP) is 6.93. The largest absolute Gasteiger partial charge is 0.425 e. The highest BCUT2D eigenvalue weighted by molar-refractivity contribution is 6.04. The molecule has 4 saturated carbocycles. The molecule has 210 valence electrons. The molecule has 1 heterocycles. The molecular weight excluding hydrogens is 486 g/mol. The summed E-state index contributed by atoms with van der Waals surface area (Å²) in [5, 5.41) is 18.8. The summed E-state index contributed by atoms with van der Waals surface area (Å²) in [6.07, 6.45) is 9.42. The van der Waals surface area contributed by atoms with Crippen LogP contribution in [0.4, 0.5) is 0 Å². The van der Waals surface area contributed by atoms with Crippen molar-refractivity contribution in [1.29, 1.82) is 5.26 Å². The zero-order chi connectivity index (χ0) is 28.4. The molecule has 0 aliphatic heterocycles. The van der Waals surface area contributed by atoms with Crippen molar-refractivity contribution in [2.75, 3.05) is 0 Å². The summed E-state index contributed by atoms with van der Waals surface area (Å²) in [6.45, 7) is 17.7. The number of nitriles is 1. The smallest absolute Gasteiger partial charge is 0.222 e. The quantitative estimate of drug-likeness (QED) is 0.390. The van der Waals surface area contributed by atoms with E-state index in [9.17, 15) is 14.9 Å². The average molecular weight is 532 g/mol. The molecule has 0 unspecified atom stereocenters. The molecule has 5 aliphatic carbocycles. The Hall–Kier alpha value is -2.29. The van der Waals surface area contributed by atoms with Gasteiger partial charge in [0.2, 0.25) is 11.8 Å². The Balaban J connectivity index is 1.49. The van der Waals surface area contributed by atoms with Crippen molar-refractivity contribution < 1.29 is 14.0 Å². The van der Waals surface area contributed by atoms with Crippen molar-refractivity contribution in [2.24, 2.45) is 50.7 Å². The molecule has 6 heteroatoms. The fraction of sp³-hybridized carbons (Fsp3) is 0.788. The first-order chi connectivity index (χ1) is 18.1. The van der Waals surface area contributed by atoms with E-state index in [2.05, 4.69) is 50.9 Å². The van der Waals surface area contributed by atoms with Crippen LogP contribution in [0.1, 0.15) is 112 Å². The second-order valence-corrected chi connectivity index (χ2v) is 16.0. The van der Waals surface area contributed by atoms with Gasteiger partial charge in [-0.2, -0.15) is 5.26 Å². The molecule has 0 radical (unpaired) electrons. The lowest BCUT2D eigenvalue weighted by molar-refractivity contribution is -0.215. The molecule has 0 saturated heterocycles. The Labute approximate surface area is 233 Å². The Morgan fingerprint density at radius 3 is 2.26 bits per heavy atom. The lowest BCUT2D eigenvalue weighted by atomic mass is 9.31. The van der Waals surface area contributed by atoms with Gasteiger partial charge in [-0.1, -0.05) is 54.5 Å². The summed E-state index contributed by atoms with van der Waals surface area (Å²) in [5.74, 6) is 2.01. The highest BCUT2D eigenvalue weighted by Gasteiger charge is 2.72. The van der Waals surface area contributed by atoms with Crippen LogP contribution in [0.3, 0.4) is 0 Å². The van der Waals surface area contributed by atoms with Crippen LogP contribution < -0.4 is 0 Å². The molecular formula is C33H45N3O3. The van der Waals surface area contributed by atoms with Gasteiger partial charge in [-0.15, -0.1) is 10.2 Å². The average Bonchev–Trinajstić information content (AvgIpc) is 3.29. The molecule has 8 atom stereocenters. The Morgan fingerprint density at radius 1 is 0.923 bits per heavy atom. The van der Waals surface area contributed by atoms with Crippen LogP contribution in [0.15, 0.2) is 16.1 Å². The van der Waals surface area contributed by atoms with Crippen molar-refractivity contribution in [3.8, 4) is 6.07 Å². The van der Waals surface area contributed by atoms with Gasteiger partial charge in [0, 0.05) is 24.7 Å². The predicted molar refractivity (Wildman–Crippen MR) is 147 cm³/mol. The Morgan fingerprint density at radius 2 is 1.62 bits per heavy atom. The van der Waals surface area contributed by atoms with Crippen molar-refractivity contribution in [1.82, 2.24) is 10.2 Å². The van der Waals surface area contributed by atoms with E-state index in [1.54, 1.807) is 0 Å². The number of aromatic nitrogens is 2. The van der Waals surface area contributed by atoms with Crippen LogP contribution >= 0.6 is 0 Å². The van der Waals surface area contributed by atoms with Crippen LogP contribution in [-0.2, 0) is 15.0 Å². The topological polar surface area (TPSA) is 96.9 Å². The second-order valence-electron chi connectivity index (χ2n) is 16.0. The van der Waals surface area contributed by atoms with Gasteiger partial charge in [0.05, 0.1) is 11.0 Å². The van der Waals surface area contributed by atoms with Crippen molar-refractivity contribution in [2.45, 2.75) is 112 Å². The van der Waals surface area contributed by atoms with Crippen molar-refractivity contribution in [3.05, 3.63) is 23.4 Å². The third-order valence-electron chi connectivity index (χ3n) is 13.4. The maximum atomic E-state index is 14.6. The molecule has 0 aromatic carbocycles. The fourth-order valence-corrected chi connectivity index (χ4v) is 11.2. The SMILES string of the molecule is Cc1nnc([C@]23CCC(C)(C)C[C@H]2[C@H]2C(=O)C[C@@H]4[C@@]5(C)C=C(C#N)C(=O)C(C)(C)[C@@H]5CC[C@@]4(C)[C@]2(C)CC3)o1. The minimum absolute atomic E-state index is 0.0379. The lowest BCUT2D eigenvalue weighted by Crippen LogP contribution is -2.69. The summed E-state index contributed by atoms with van der Waals surface area (Å²) >= 11 is 0. The number of rotatable bonds is 1. The minimum atomic E-state index is -0.610. The zero-order valence-electron chi connectivity index (χ0n) is 25.1. The highest BCUT2D eigenvalue weighted by Crippen LogP contribution is 2.75. The maximum Gasteiger partial charge on any atom is 0.222 e. The fourth-order valence-electron chi connectivity index (χ4n) is 11.2. The molecule has 1 aromatic heterocycles. The van der Waals surface area contributed by atoms with E-state index in [4.69, 9.17) is 4.42 Å². The number of Topliss-reactive ketones (excluding diaryl/α,β-unsaturated/α-hetero) is 2. The number of hydrogen-bond acceptors (Lipinski definition) is 6. The van der Waals surface area contributed by atoms with Crippen molar-refractivity contribution >= 4 is 11.6 Å². The number of ketones is 2. The van der Waals surface area contributed by atoms with E-state index >= 15 is 0 Å². The highest BCUT2D eigenvalue weighted by atomic mass is 16.4. The molecule has 0 amide bonds. The molecule has 0 N–H and O–H groups in total. The van der Waals surface area contributed by atoms with Gasteiger partial charge >= 0.3 is 0 Å². The summed E-state index contributed by atoms with van der Waals surface area (Å²) < 4.78 is 6.17. The summed E-state index contributed by atoms with van der Waals surface area (Å²) in [7, 11) is 0. The molecule has 39 heavy (non-hydrogen) atoms. The number of nitrogens with zero attached hydrogens (tertiary/aromatic N) is 3. The third-order valence-corrected chi connectivity index (χ3v) is 13.4. The minimum Gasteiger partial charge on any atom is -0.425 e. The van der Waals surface area contributed by atoms with E-state index in [1.807, 2.05) is 26.8 Å². The third kappa shape index (κ3) is 3.25. The van der Waals surface area contributed by atoms with E-state index < -0.39 is 5.41 Å². The van der Waals surface area contributed by atoms with Crippen LogP contribution in [0.25, 0.3) is 0 Å². The number of allylic oxidation sites excluding steroid dienone is 2. The standard InChI is InChI=1S/C33H45N3O3/c1-19-35-36-27(39-19)33-13-11-28(2,3)17-21(33)25-22(37)15-24-30(6)16-20(18-34)26(38)29(4,5)23(30)9-10-31(24,7)32(25,8)12-14-33/h16,21,23-25H,9-15,17H2,1-8H3/t21-,23-,24+,25-,30-,31+,32+,33-/m0/s1. The summed E-state index contributed by atoms with van der Waals surface area (Å²) in [5.41, 5.74) is -1.04. The molecule has 4 fully saturated rings. The summed E-state index contributed by atoms with van der Waals surface area (Å²) in [6, 6.07) is 2.23. The number of hydrogen-bond donors (Lipinski definition) is 0. The second kappa shape index (κ2) is 7.92. The normalized spacial score (nSPS) is 46.2. The van der Waals surface area contributed by atoms with E-state index in [0.717, 1.165) is 50.8 Å². The van der Waals surface area contributed by atoms with Gasteiger partial charge < -0.3 is 4.42 Å². The molecule has 0 bridgehead atoms.